The van der Waals surface area contributed by atoms with E-state index in [4.69, 9.17) is 17.3 Å². The highest BCUT2D eigenvalue weighted by molar-refractivity contribution is 6.34. The van der Waals surface area contributed by atoms with Crippen LogP contribution in [-0.2, 0) is 0 Å². The van der Waals surface area contributed by atoms with Crippen LogP contribution in [0.3, 0.4) is 0 Å². The molecule has 108 valence electrons. The molecule has 0 spiro atoms. The maximum Gasteiger partial charge on any atom is 0.258 e. The number of nitrogens with one attached hydrogen (secondary N) is 1. The Morgan fingerprint density at radius 2 is 1.90 bits per heavy atom. The topological polar surface area (TPSA) is 72.2 Å². The van der Waals surface area contributed by atoms with Crippen LogP contribution in [0.2, 0.25) is 5.02 Å². The average molecular weight is 307 g/mol. The molecular weight excluding hydrogens is 295 g/mol. The maximum absolute atomic E-state index is 13.7. The number of benzene rings is 2. The normalized spacial score (nSPS) is 10.2. The molecule has 0 atom stereocenters. The van der Waals surface area contributed by atoms with Gasteiger partial charge >= 0.3 is 0 Å². The third kappa shape index (κ3) is 3.38. The monoisotopic (exact) mass is 306 g/mol. The van der Waals surface area contributed by atoms with E-state index in [1.165, 1.54) is 30.3 Å². The second-order valence-electron chi connectivity index (χ2n) is 4.50. The third-order valence-corrected chi connectivity index (χ3v) is 3.20. The summed E-state index contributed by atoms with van der Waals surface area (Å²) in [6.07, 6.45) is 0. The van der Waals surface area contributed by atoms with Crippen molar-refractivity contribution < 1.29 is 14.0 Å². The molecule has 0 fully saturated rings. The Morgan fingerprint density at radius 1 is 1.19 bits per heavy atom. The molecule has 0 radical (unpaired) electrons. The minimum atomic E-state index is -0.656. The molecule has 2 amide bonds. The lowest BCUT2D eigenvalue weighted by Crippen LogP contribution is -2.16. The van der Waals surface area contributed by atoms with E-state index in [0.29, 0.717) is 5.56 Å². The third-order valence-electron chi connectivity index (χ3n) is 2.87. The number of aryl methyl sites for hydroxylation is 1. The fraction of sp³-hybridized carbons (Fsp3) is 0.0667. The van der Waals surface area contributed by atoms with E-state index >= 15 is 0 Å². The van der Waals surface area contributed by atoms with Crippen LogP contribution in [0.25, 0.3) is 0 Å². The van der Waals surface area contributed by atoms with Gasteiger partial charge in [-0.2, -0.15) is 0 Å². The molecule has 0 aliphatic heterocycles. The Hall–Kier alpha value is -2.40. The van der Waals surface area contributed by atoms with Crippen LogP contribution in [0, 0.1) is 12.7 Å². The summed E-state index contributed by atoms with van der Waals surface area (Å²) in [5.41, 5.74) is 6.14. The van der Waals surface area contributed by atoms with Gasteiger partial charge in [0, 0.05) is 5.56 Å². The predicted octanol–water partition coefficient (Wildman–Crippen LogP) is 3.14. The lowest BCUT2D eigenvalue weighted by atomic mass is 10.1. The molecule has 2 rings (SSSR count). The number of rotatable bonds is 3. The molecule has 0 unspecified atom stereocenters. The molecule has 4 nitrogen and oxygen atoms in total. The number of halogens is 2. The number of hydrogen-bond acceptors (Lipinski definition) is 2. The van der Waals surface area contributed by atoms with E-state index in [-0.39, 0.29) is 21.8 Å². The van der Waals surface area contributed by atoms with Crippen molar-refractivity contribution in [3.63, 3.8) is 0 Å². The van der Waals surface area contributed by atoms with Crippen LogP contribution in [0.1, 0.15) is 26.3 Å². The van der Waals surface area contributed by atoms with Crippen molar-refractivity contribution in [3.05, 3.63) is 63.9 Å². The molecule has 21 heavy (non-hydrogen) atoms. The van der Waals surface area contributed by atoms with E-state index in [1.54, 1.807) is 13.0 Å². The number of hydrogen-bond donors (Lipinski definition) is 2. The Balaban J connectivity index is 2.31. The molecule has 0 aliphatic rings. The molecule has 2 aromatic rings. The molecule has 0 bridgehead atoms. The first kappa shape index (κ1) is 15.0. The second-order valence-corrected chi connectivity index (χ2v) is 4.90. The van der Waals surface area contributed by atoms with Crippen LogP contribution < -0.4 is 11.1 Å². The SMILES string of the molecule is Cc1ccc(C(=O)Nc2cc(C(N)=O)ccc2Cl)c(F)c1. The summed E-state index contributed by atoms with van der Waals surface area (Å²) in [6, 6.07) is 8.48. The van der Waals surface area contributed by atoms with Crippen molar-refractivity contribution in [1.82, 2.24) is 0 Å². The largest absolute Gasteiger partial charge is 0.366 e. The number of carbonyl (C=O) groups is 2. The van der Waals surface area contributed by atoms with Gasteiger partial charge in [-0.1, -0.05) is 17.7 Å². The number of nitrogens with two attached hydrogens (primary N) is 1. The fourth-order valence-electron chi connectivity index (χ4n) is 1.77. The van der Waals surface area contributed by atoms with Crippen LogP contribution >= 0.6 is 11.6 Å². The highest BCUT2D eigenvalue weighted by atomic mass is 35.5. The first-order valence-electron chi connectivity index (χ1n) is 6.05. The summed E-state index contributed by atoms with van der Waals surface area (Å²) < 4.78 is 13.7. The molecule has 0 saturated heterocycles. The summed E-state index contributed by atoms with van der Waals surface area (Å²) in [6.45, 7) is 1.72. The molecule has 2 aromatic carbocycles. The van der Waals surface area contributed by atoms with Crippen LogP contribution in [0.15, 0.2) is 36.4 Å². The summed E-state index contributed by atoms with van der Waals surface area (Å²) in [5, 5.41) is 2.69. The smallest absolute Gasteiger partial charge is 0.258 e. The van der Waals surface area contributed by atoms with E-state index < -0.39 is 17.6 Å². The van der Waals surface area contributed by atoms with Gasteiger partial charge in [-0.3, -0.25) is 9.59 Å². The Kier molecular flexibility index (Phi) is 4.23. The highest BCUT2D eigenvalue weighted by Crippen LogP contribution is 2.24. The van der Waals surface area contributed by atoms with E-state index in [0.717, 1.165) is 0 Å². The second kappa shape index (κ2) is 5.93. The molecule has 0 saturated carbocycles. The minimum absolute atomic E-state index is 0.110. The van der Waals surface area contributed by atoms with Crippen LogP contribution in [-0.4, -0.2) is 11.8 Å². The Morgan fingerprint density at radius 3 is 2.52 bits per heavy atom. The van der Waals surface area contributed by atoms with Gasteiger partial charge in [0.15, 0.2) is 0 Å². The number of carbonyl (C=O) groups excluding carboxylic acids is 2. The van der Waals surface area contributed by atoms with Gasteiger partial charge < -0.3 is 11.1 Å². The predicted molar refractivity (Wildman–Crippen MR) is 79.1 cm³/mol. The lowest BCUT2D eigenvalue weighted by Gasteiger charge is -2.09. The number of primary amides is 1. The summed E-state index contributed by atoms with van der Waals surface area (Å²) >= 11 is 5.94. The summed E-state index contributed by atoms with van der Waals surface area (Å²) in [4.78, 5) is 23.2. The zero-order chi connectivity index (χ0) is 15.6. The summed E-state index contributed by atoms with van der Waals surface area (Å²) in [7, 11) is 0. The van der Waals surface area contributed by atoms with E-state index in [2.05, 4.69) is 5.32 Å². The van der Waals surface area contributed by atoms with Crippen molar-refractivity contribution in [1.29, 1.82) is 0 Å². The van der Waals surface area contributed by atoms with Gasteiger partial charge in [0.05, 0.1) is 16.3 Å². The van der Waals surface area contributed by atoms with Gasteiger partial charge in [-0.15, -0.1) is 0 Å². The summed E-state index contributed by atoms with van der Waals surface area (Å²) in [5.74, 6) is -1.94. The standard InChI is InChI=1S/C15H12ClFN2O2/c1-8-2-4-10(12(17)6-8)15(21)19-13-7-9(14(18)20)3-5-11(13)16/h2-7H,1H3,(H2,18,20)(H,19,21). The molecule has 3 N–H and O–H groups in total. The quantitative estimate of drug-likeness (QED) is 0.914. The molecule has 6 heteroatoms. The number of amides is 2. The van der Waals surface area contributed by atoms with Gasteiger partial charge in [-0.05, 0) is 42.8 Å². The lowest BCUT2D eigenvalue weighted by molar-refractivity contribution is 0.0995. The van der Waals surface area contributed by atoms with Gasteiger partial charge in [0.25, 0.3) is 5.91 Å². The van der Waals surface area contributed by atoms with Gasteiger partial charge in [-0.25, -0.2) is 4.39 Å². The van der Waals surface area contributed by atoms with E-state index in [1.807, 2.05) is 0 Å². The Labute approximate surface area is 125 Å². The zero-order valence-corrected chi connectivity index (χ0v) is 11.9. The maximum atomic E-state index is 13.7. The van der Waals surface area contributed by atoms with Crippen molar-refractivity contribution in [3.8, 4) is 0 Å². The highest BCUT2D eigenvalue weighted by Gasteiger charge is 2.14. The average Bonchev–Trinajstić information content (AvgIpc) is 2.40. The number of anilines is 1. The zero-order valence-electron chi connectivity index (χ0n) is 11.1. The minimum Gasteiger partial charge on any atom is -0.366 e. The van der Waals surface area contributed by atoms with E-state index in [9.17, 15) is 14.0 Å². The molecule has 0 aliphatic carbocycles. The molecule has 0 aromatic heterocycles. The molecular formula is C15H12ClFN2O2. The van der Waals surface area contributed by atoms with Gasteiger partial charge in [0.2, 0.25) is 5.91 Å². The Bertz CT molecular complexity index is 732. The first-order chi connectivity index (χ1) is 9.88. The van der Waals surface area contributed by atoms with Crippen LogP contribution in [0.5, 0.6) is 0 Å². The van der Waals surface area contributed by atoms with Crippen molar-refractivity contribution in [2.45, 2.75) is 6.92 Å². The fourth-order valence-corrected chi connectivity index (χ4v) is 1.93. The van der Waals surface area contributed by atoms with Gasteiger partial charge in [0.1, 0.15) is 5.82 Å². The van der Waals surface area contributed by atoms with Crippen molar-refractivity contribution in [2.75, 3.05) is 5.32 Å². The first-order valence-corrected chi connectivity index (χ1v) is 6.43. The van der Waals surface area contributed by atoms with Crippen molar-refractivity contribution >= 4 is 29.1 Å². The van der Waals surface area contributed by atoms with Crippen LogP contribution in [0.4, 0.5) is 10.1 Å². The van der Waals surface area contributed by atoms with Crippen molar-refractivity contribution in [2.24, 2.45) is 5.73 Å². The molecule has 0 heterocycles.